The molecular formula is C22H23BrF2N2O2. The van der Waals surface area contributed by atoms with Gasteiger partial charge in [0.2, 0.25) is 5.69 Å². The second-order valence-corrected chi connectivity index (χ2v) is 6.82. The van der Waals surface area contributed by atoms with Crippen LogP contribution in [0.25, 0.3) is 22.5 Å². The van der Waals surface area contributed by atoms with Gasteiger partial charge >= 0.3 is 6.61 Å². The molecule has 0 atom stereocenters. The molecule has 0 spiro atoms. The fourth-order valence-electron chi connectivity index (χ4n) is 3.83. The molecule has 2 heterocycles. The van der Waals surface area contributed by atoms with Gasteiger partial charge in [-0.2, -0.15) is 13.5 Å². The molecule has 1 aliphatic rings. The summed E-state index contributed by atoms with van der Waals surface area (Å²) in [5, 5.41) is 0. The molecule has 3 aromatic rings. The summed E-state index contributed by atoms with van der Waals surface area (Å²) in [5.41, 5.74) is 4.18. The first-order valence-corrected chi connectivity index (χ1v) is 9.49. The maximum atomic E-state index is 12.4. The van der Waals surface area contributed by atoms with Gasteiger partial charge in [-0.05, 0) is 49.2 Å². The first kappa shape index (κ1) is 21.3. The molecule has 0 unspecified atom stereocenters. The van der Waals surface area contributed by atoms with Gasteiger partial charge in [0.05, 0.1) is 13.7 Å². The molecule has 0 radical (unpaired) electrons. The van der Waals surface area contributed by atoms with Crippen LogP contribution >= 0.6 is 0 Å². The SMILES string of the molecule is COc1ccccc1-c1cc(-c2ccc(OC(F)F)cc2)[n+]2n1CCCCC2.[Br-]. The van der Waals surface area contributed by atoms with E-state index in [2.05, 4.69) is 26.2 Å². The number of alkyl halides is 2. The minimum atomic E-state index is -2.82. The standard InChI is InChI=1S/C22H23F2N2O2.BrH/c1-27-21-8-4-3-7-18(21)20-15-19(25-13-5-2-6-14-26(20)25)16-9-11-17(12-10-16)28-22(23)24;/h3-4,7-12,15,22H,2,5-6,13-14H2,1H3;1H/q+1;/p-1. The van der Waals surface area contributed by atoms with Gasteiger partial charge in [0.1, 0.15) is 17.2 Å². The zero-order chi connectivity index (χ0) is 19.5. The van der Waals surface area contributed by atoms with E-state index in [0.29, 0.717) is 0 Å². The first-order valence-electron chi connectivity index (χ1n) is 9.49. The molecule has 0 N–H and O–H groups in total. The Hall–Kier alpha value is -2.41. The van der Waals surface area contributed by atoms with Gasteiger partial charge in [-0.3, -0.25) is 0 Å². The van der Waals surface area contributed by atoms with E-state index >= 15 is 0 Å². The second kappa shape index (κ2) is 9.39. The average molecular weight is 465 g/mol. The number of fused-ring (bicyclic) bond motifs is 1. The molecule has 0 fully saturated rings. The van der Waals surface area contributed by atoms with Crippen molar-refractivity contribution in [3.8, 4) is 34.0 Å². The topological polar surface area (TPSA) is 27.3 Å². The van der Waals surface area contributed by atoms with Gasteiger partial charge in [-0.1, -0.05) is 12.1 Å². The molecule has 0 saturated carbocycles. The molecule has 0 saturated heterocycles. The molecular weight excluding hydrogens is 442 g/mol. The molecule has 2 aromatic carbocycles. The number of rotatable bonds is 5. The summed E-state index contributed by atoms with van der Waals surface area (Å²) >= 11 is 0. The highest BCUT2D eigenvalue weighted by atomic mass is 79.9. The summed E-state index contributed by atoms with van der Waals surface area (Å²) in [6, 6.07) is 17.0. The Morgan fingerprint density at radius 2 is 1.76 bits per heavy atom. The first-order chi connectivity index (χ1) is 13.7. The minimum absolute atomic E-state index is 0. The molecule has 4 rings (SSSR count). The van der Waals surface area contributed by atoms with E-state index in [4.69, 9.17) is 4.74 Å². The van der Waals surface area contributed by atoms with Crippen LogP contribution in [0.1, 0.15) is 19.3 Å². The van der Waals surface area contributed by atoms with Crippen molar-refractivity contribution in [2.75, 3.05) is 7.11 Å². The lowest BCUT2D eigenvalue weighted by atomic mass is 10.1. The zero-order valence-electron chi connectivity index (χ0n) is 16.2. The Bertz CT molecular complexity index is 958. The summed E-state index contributed by atoms with van der Waals surface area (Å²) in [6.45, 7) is -0.970. The van der Waals surface area contributed by atoms with E-state index in [0.717, 1.165) is 54.2 Å². The highest BCUT2D eigenvalue weighted by molar-refractivity contribution is 5.71. The van der Waals surface area contributed by atoms with Crippen LogP contribution in [0.4, 0.5) is 8.78 Å². The molecule has 0 amide bonds. The summed E-state index contributed by atoms with van der Waals surface area (Å²) < 4.78 is 39.5. The van der Waals surface area contributed by atoms with Crippen LogP contribution in [0.15, 0.2) is 54.6 Å². The van der Waals surface area contributed by atoms with Gasteiger partial charge in [-0.15, -0.1) is 4.68 Å². The van der Waals surface area contributed by atoms with Crippen LogP contribution in [0, 0.1) is 0 Å². The van der Waals surface area contributed by atoms with Crippen molar-refractivity contribution in [1.82, 2.24) is 4.68 Å². The van der Waals surface area contributed by atoms with Crippen LogP contribution in [0.5, 0.6) is 11.5 Å². The summed E-state index contributed by atoms with van der Waals surface area (Å²) in [4.78, 5) is 0. The van der Waals surface area contributed by atoms with E-state index in [1.54, 1.807) is 19.2 Å². The highest BCUT2D eigenvalue weighted by Crippen LogP contribution is 2.33. The van der Waals surface area contributed by atoms with E-state index < -0.39 is 6.61 Å². The molecule has 0 aliphatic carbocycles. The number of hydrogen-bond donors (Lipinski definition) is 0. The molecule has 154 valence electrons. The summed E-state index contributed by atoms with van der Waals surface area (Å²) in [7, 11) is 1.68. The van der Waals surface area contributed by atoms with Gasteiger partial charge in [0.15, 0.2) is 6.54 Å². The third-order valence-corrected chi connectivity index (χ3v) is 5.12. The number of aromatic nitrogens is 2. The number of benzene rings is 2. The van der Waals surface area contributed by atoms with Crippen LogP contribution in [0.3, 0.4) is 0 Å². The van der Waals surface area contributed by atoms with Crippen molar-refractivity contribution in [1.29, 1.82) is 0 Å². The lowest BCUT2D eigenvalue weighted by Crippen LogP contribution is -3.00. The van der Waals surface area contributed by atoms with Gasteiger partial charge in [-0.25, -0.2) is 0 Å². The van der Waals surface area contributed by atoms with Crippen molar-refractivity contribution in [2.45, 2.75) is 39.0 Å². The fourth-order valence-corrected chi connectivity index (χ4v) is 3.83. The van der Waals surface area contributed by atoms with Crippen molar-refractivity contribution in [3.05, 3.63) is 54.6 Å². The van der Waals surface area contributed by atoms with Crippen LogP contribution in [-0.2, 0) is 13.1 Å². The maximum absolute atomic E-state index is 12.4. The van der Waals surface area contributed by atoms with Gasteiger partial charge in [0.25, 0.3) is 0 Å². The molecule has 4 nitrogen and oxygen atoms in total. The number of hydrogen-bond acceptors (Lipinski definition) is 2. The van der Waals surface area contributed by atoms with Crippen molar-refractivity contribution in [3.63, 3.8) is 0 Å². The van der Waals surface area contributed by atoms with Crippen LogP contribution in [-0.4, -0.2) is 18.4 Å². The smallest absolute Gasteiger partial charge is 0.387 e. The average Bonchev–Trinajstić information content (AvgIpc) is 2.89. The van der Waals surface area contributed by atoms with Gasteiger partial charge < -0.3 is 26.5 Å². The highest BCUT2D eigenvalue weighted by Gasteiger charge is 2.27. The Labute approximate surface area is 179 Å². The molecule has 1 aliphatic heterocycles. The van der Waals surface area contributed by atoms with E-state index in [-0.39, 0.29) is 22.7 Å². The normalized spacial score (nSPS) is 13.4. The Morgan fingerprint density at radius 1 is 1.00 bits per heavy atom. The maximum Gasteiger partial charge on any atom is 0.387 e. The quantitative estimate of drug-likeness (QED) is 0.539. The van der Waals surface area contributed by atoms with Crippen molar-refractivity contribution < 1.29 is 39.9 Å². The van der Waals surface area contributed by atoms with E-state index in [9.17, 15) is 8.78 Å². The van der Waals surface area contributed by atoms with E-state index in [1.165, 1.54) is 6.42 Å². The second-order valence-electron chi connectivity index (χ2n) is 6.82. The number of nitrogens with zero attached hydrogens (tertiary/aromatic N) is 2. The molecule has 29 heavy (non-hydrogen) atoms. The Kier molecular flexibility index (Phi) is 6.90. The van der Waals surface area contributed by atoms with E-state index in [1.807, 2.05) is 30.3 Å². The molecule has 0 bridgehead atoms. The summed E-state index contributed by atoms with van der Waals surface area (Å²) in [5.74, 6) is 0.999. The third-order valence-electron chi connectivity index (χ3n) is 5.12. The predicted molar refractivity (Wildman–Crippen MR) is 103 cm³/mol. The molecule has 1 aromatic heterocycles. The number of para-hydroxylation sites is 1. The predicted octanol–water partition coefficient (Wildman–Crippen LogP) is 1.91. The lowest BCUT2D eigenvalue weighted by molar-refractivity contribution is -0.763. The Morgan fingerprint density at radius 3 is 2.48 bits per heavy atom. The van der Waals surface area contributed by atoms with Crippen molar-refractivity contribution in [2.24, 2.45) is 0 Å². The third kappa shape index (κ3) is 4.45. The van der Waals surface area contributed by atoms with Crippen molar-refractivity contribution >= 4 is 0 Å². The Balaban J connectivity index is 0.00000240. The van der Waals surface area contributed by atoms with Gasteiger partial charge in [0, 0.05) is 23.6 Å². The number of methoxy groups -OCH3 is 1. The number of halogens is 3. The van der Waals surface area contributed by atoms with Crippen LogP contribution in [0.2, 0.25) is 0 Å². The summed E-state index contributed by atoms with van der Waals surface area (Å²) in [6.07, 6.45) is 3.41. The van der Waals surface area contributed by atoms with Crippen LogP contribution < -0.4 is 31.1 Å². The molecule has 7 heteroatoms. The number of ether oxygens (including phenoxy) is 2. The monoisotopic (exact) mass is 464 g/mol. The fraction of sp³-hybridized carbons (Fsp3) is 0.318. The largest absolute Gasteiger partial charge is 1.00 e. The zero-order valence-corrected chi connectivity index (χ0v) is 17.7. The minimum Gasteiger partial charge on any atom is -1.00 e. The lowest BCUT2D eigenvalue weighted by Gasteiger charge is -2.09.